The van der Waals surface area contributed by atoms with E-state index in [4.69, 9.17) is 11.8 Å². The Morgan fingerprint density at radius 3 is 1.63 bits per heavy atom. The van der Waals surface area contributed by atoms with Crippen LogP contribution in [-0.4, -0.2) is 9.97 Å². The van der Waals surface area contributed by atoms with Gasteiger partial charge < -0.3 is 4.67 Å². The monoisotopic (exact) mass is 383 g/mol. The van der Waals surface area contributed by atoms with Gasteiger partial charge in [0, 0.05) is 46.5 Å². The van der Waals surface area contributed by atoms with Crippen molar-refractivity contribution in [2.75, 3.05) is 4.67 Å². The van der Waals surface area contributed by atoms with Crippen LogP contribution in [0.15, 0.2) is 85.5 Å². The summed E-state index contributed by atoms with van der Waals surface area (Å²) >= 11 is 6.58. The minimum absolute atomic E-state index is 1.13. The molecule has 0 amide bonds. The zero-order chi connectivity index (χ0) is 18.0. The minimum atomic E-state index is -2.25. The largest absolute Gasteiger partial charge is 0.304 e. The second-order valence-electron chi connectivity index (χ2n) is 6.71. The first-order valence-corrected chi connectivity index (χ1v) is 11.5. The van der Waals surface area contributed by atoms with Crippen molar-refractivity contribution < 1.29 is 0 Å². The molecule has 0 fully saturated rings. The zero-order valence-electron chi connectivity index (χ0n) is 14.3. The summed E-state index contributed by atoms with van der Waals surface area (Å²) in [5.41, 5.74) is 6.94. The van der Waals surface area contributed by atoms with Crippen molar-refractivity contribution in [3.05, 3.63) is 85.5 Å². The van der Waals surface area contributed by atoms with E-state index in [0.29, 0.717) is 0 Å². The average molecular weight is 383 g/mol. The van der Waals surface area contributed by atoms with Crippen molar-refractivity contribution in [1.82, 2.24) is 9.97 Å². The zero-order valence-corrected chi connectivity index (χ0v) is 16.0. The van der Waals surface area contributed by atoms with Crippen molar-refractivity contribution in [3.63, 3.8) is 0 Å². The van der Waals surface area contributed by atoms with Gasteiger partial charge in [0.2, 0.25) is 0 Å². The van der Waals surface area contributed by atoms with Crippen molar-refractivity contribution in [2.24, 2.45) is 0 Å². The number of aromatic nitrogens is 2. The third kappa shape index (κ3) is 1.84. The molecule has 0 unspecified atom stereocenters. The Morgan fingerprint density at radius 2 is 1.11 bits per heavy atom. The molecular formula is C22H14N3PS. The van der Waals surface area contributed by atoms with Gasteiger partial charge in [-0.1, -0.05) is 60.3 Å². The Morgan fingerprint density at radius 1 is 0.630 bits per heavy atom. The van der Waals surface area contributed by atoms with Crippen LogP contribution in [0.2, 0.25) is 0 Å². The molecule has 6 rings (SSSR count). The van der Waals surface area contributed by atoms with Crippen molar-refractivity contribution >= 4 is 40.0 Å². The SMILES string of the molecule is S=P12c3ccccc3-c3cnccc3N1c1ccncc1-c1ccccc12. The molecule has 5 heteroatoms. The molecule has 0 radical (unpaired) electrons. The van der Waals surface area contributed by atoms with E-state index in [1.54, 1.807) is 0 Å². The molecular weight excluding hydrogens is 369 g/mol. The highest BCUT2D eigenvalue weighted by Gasteiger charge is 2.43. The predicted molar refractivity (Wildman–Crippen MR) is 115 cm³/mol. The van der Waals surface area contributed by atoms with Crippen LogP contribution < -0.4 is 15.3 Å². The number of hydrogen-bond acceptors (Lipinski definition) is 3. The maximum absolute atomic E-state index is 6.58. The van der Waals surface area contributed by atoms with Gasteiger partial charge in [-0.2, -0.15) is 0 Å². The van der Waals surface area contributed by atoms with Crippen LogP contribution in [0.4, 0.5) is 11.4 Å². The van der Waals surface area contributed by atoms with E-state index in [2.05, 4.69) is 75.3 Å². The maximum Gasteiger partial charge on any atom is 0.0985 e. The predicted octanol–water partition coefficient (Wildman–Crippen LogP) is 4.62. The van der Waals surface area contributed by atoms with Gasteiger partial charge >= 0.3 is 0 Å². The normalized spacial score (nSPS) is 15.0. The van der Waals surface area contributed by atoms with Crippen LogP contribution >= 0.6 is 6.19 Å². The molecule has 2 aromatic heterocycles. The summed E-state index contributed by atoms with van der Waals surface area (Å²) in [6.45, 7) is 0. The van der Waals surface area contributed by atoms with Gasteiger partial charge in [0.15, 0.2) is 0 Å². The summed E-state index contributed by atoms with van der Waals surface area (Å²) in [5, 5.41) is 2.46. The van der Waals surface area contributed by atoms with Crippen LogP contribution in [-0.2, 0) is 11.8 Å². The quantitative estimate of drug-likeness (QED) is 0.414. The van der Waals surface area contributed by atoms with Crippen LogP contribution in [0.25, 0.3) is 22.3 Å². The lowest BCUT2D eigenvalue weighted by atomic mass is 10.0. The van der Waals surface area contributed by atoms with Crippen LogP contribution in [0, 0.1) is 0 Å². The summed E-state index contributed by atoms with van der Waals surface area (Å²) < 4.78 is 2.39. The molecule has 2 aromatic carbocycles. The molecule has 2 aliphatic heterocycles. The van der Waals surface area contributed by atoms with Gasteiger partial charge in [0.05, 0.1) is 17.6 Å². The molecule has 0 saturated carbocycles. The van der Waals surface area contributed by atoms with E-state index < -0.39 is 6.19 Å². The maximum atomic E-state index is 6.58. The molecule has 4 heterocycles. The Balaban J connectivity index is 1.84. The molecule has 3 nitrogen and oxygen atoms in total. The molecule has 0 saturated heterocycles. The number of fused-ring (bicyclic) bond motifs is 11. The molecule has 128 valence electrons. The van der Waals surface area contributed by atoms with Gasteiger partial charge in [-0.25, -0.2) is 0 Å². The van der Waals surface area contributed by atoms with Crippen molar-refractivity contribution in [2.45, 2.75) is 0 Å². The van der Waals surface area contributed by atoms with E-state index in [0.717, 1.165) is 22.5 Å². The number of pyridine rings is 2. The van der Waals surface area contributed by atoms with E-state index in [-0.39, 0.29) is 0 Å². The summed E-state index contributed by atoms with van der Waals surface area (Å²) in [6, 6.07) is 21.3. The molecule has 0 atom stereocenters. The average Bonchev–Trinajstić information content (AvgIpc) is 2.74. The van der Waals surface area contributed by atoms with E-state index in [1.807, 2.05) is 24.8 Å². The highest BCUT2D eigenvalue weighted by molar-refractivity contribution is 8.23. The standard InChI is InChI=1S/C22H14N3PS/c27-26-21-7-3-1-5-15(21)17-13-23-11-9-19(17)25(26)20-10-12-24-14-18(20)16-6-2-4-8-22(16)26/h1-14H. The molecule has 0 aliphatic carbocycles. The highest BCUT2D eigenvalue weighted by atomic mass is 32.4. The van der Waals surface area contributed by atoms with Crippen LogP contribution in [0.5, 0.6) is 0 Å². The van der Waals surface area contributed by atoms with Gasteiger partial charge in [-0.05, 0) is 23.3 Å². The second-order valence-corrected chi connectivity index (χ2v) is 10.8. The van der Waals surface area contributed by atoms with E-state index in [9.17, 15) is 0 Å². The fourth-order valence-corrected chi connectivity index (χ4v) is 9.02. The van der Waals surface area contributed by atoms with Crippen molar-refractivity contribution in [3.8, 4) is 22.3 Å². The fraction of sp³-hybridized carbons (Fsp3) is 0. The molecule has 4 aromatic rings. The molecule has 0 spiro atoms. The van der Waals surface area contributed by atoms with Gasteiger partial charge in [-0.3, -0.25) is 9.97 Å². The molecule has 0 N–H and O–H groups in total. The molecule has 2 aliphatic rings. The van der Waals surface area contributed by atoms with Gasteiger partial charge in [-0.15, -0.1) is 0 Å². The minimum Gasteiger partial charge on any atom is -0.304 e. The Bertz CT molecular complexity index is 1190. The van der Waals surface area contributed by atoms with Crippen LogP contribution in [0.3, 0.4) is 0 Å². The lowest BCUT2D eigenvalue weighted by Gasteiger charge is -2.46. The second kappa shape index (κ2) is 5.35. The lowest BCUT2D eigenvalue weighted by molar-refractivity contribution is 1.27. The third-order valence-corrected chi connectivity index (χ3v) is 10.1. The Labute approximate surface area is 162 Å². The first-order valence-electron chi connectivity index (χ1n) is 8.79. The first-order chi connectivity index (χ1) is 13.3. The van der Waals surface area contributed by atoms with Crippen LogP contribution in [0.1, 0.15) is 0 Å². The van der Waals surface area contributed by atoms with Gasteiger partial charge in [0.25, 0.3) is 0 Å². The van der Waals surface area contributed by atoms with E-state index >= 15 is 0 Å². The number of rotatable bonds is 0. The number of hydrogen-bond donors (Lipinski definition) is 0. The smallest absolute Gasteiger partial charge is 0.0985 e. The number of anilines is 2. The number of nitrogens with zero attached hydrogens (tertiary/aromatic N) is 3. The fourth-order valence-electron chi connectivity index (χ4n) is 4.27. The Hall–Kier alpha value is -2.81. The topological polar surface area (TPSA) is 29.0 Å². The summed E-state index contributed by atoms with van der Waals surface area (Å²) in [5.74, 6) is 0. The lowest BCUT2D eigenvalue weighted by Crippen LogP contribution is -2.37. The third-order valence-electron chi connectivity index (χ3n) is 5.38. The summed E-state index contributed by atoms with van der Waals surface area (Å²) in [6.07, 6.45) is 5.36. The molecule has 0 bridgehead atoms. The summed E-state index contributed by atoms with van der Waals surface area (Å²) in [7, 11) is 0. The first kappa shape index (κ1) is 15.3. The number of benzene rings is 2. The summed E-state index contributed by atoms with van der Waals surface area (Å²) in [4.78, 5) is 8.79. The highest BCUT2D eigenvalue weighted by Crippen LogP contribution is 2.65. The van der Waals surface area contributed by atoms with Gasteiger partial charge in [0.1, 0.15) is 0 Å². The Kier molecular flexibility index (Phi) is 3.03. The molecule has 27 heavy (non-hydrogen) atoms. The van der Waals surface area contributed by atoms with Crippen molar-refractivity contribution in [1.29, 1.82) is 0 Å². The van der Waals surface area contributed by atoms with E-state index in [1.165, 1.54) is 21.7 Å².